The van der Waals surface area contributed by atoms with Crippen molar-refractivity contribution >= 4 is 17.5 Å². The molecule has 2 amide bonds. The summed E-state index contributed by atoms with van der Waals surface area (Å²) in [4.78, 5) is 29.1. The molecule has 1 aliphatic carbocycles. The molecule has 7 heteroatoms. The van der Waals surface area contributed by atoms with Crippen LogP contribution in [0.4, 0.5) is 10.1 Å². The number of rotatable bonds is 3. The Morgan fingerprint density at radius 3 is 2.16 bits per heavy atom. The van der Waals surface area contributed by atoms with Crippen LogP contribution in [-0.4, -0.2) is 48.1 Å². The maximum absolute atomic E-state index is 13.0. The maximum Gasteiger partial charge on any atom is 0.259 e. The van der Waals surface area contributed by atoms with Gasteiger partial charge in [-0.3, -0.25) is 14.8 Å². The lowest BCUT2D eigenvalue weighted by molar-refractivity contribution is -0.158. The summed E-state index contributed by atoms with van der Waals surface area (Å²) < 4.78 is 13.0. The molecule has 1 aromatic carbocycles. The largest absolute Gasteiger partial charge is 0.368 e. The molecule has 0 bridgehead atoms. The summed E-state index contributed by atoms with van der Waals surface area (Å²) >= 11 is 0. The van der Waals surface area contributed by atoms with Crippen LogP contribution in [0.25, 0.3) is 0 Å². The average Bonchev–Trinajstić information content (AvgIpc) is 2.68. The molecule has 1 saturated heterocycles. The third kappa shape index (κ3) is 3.46. The average molecular weight is 349 g/mol. The number of amides is 2. The topological polar surface area (TPSA) is 72.9 Å². The number of carbonyl (C=O) groups is 2. The van der Waals surface area contributed by atoms with Gasteiger partial charge in [-0.2, -0.15) is 0 Å². The van der Waals surface area contributed by atoms with Crippen LogP contribution in [0.15, 0.2) is 24.3 Å². The van der Waals surface area contributed by atoms with Crippen LogP contribution >= 0.6 is 0 Å². The molecule has 1 saturated carbocycles. The zero-order chi connectivity index (χ0) is 17.9. The number of halogens is 1. The Hall–Kier alpha value is -2.15. The Morgan fingerprint density at radius 1 is 1.00 bits per heavy atom. The molecule has 3 rings (SSSR count). The quantitative estimate of drug-likeness (QED) is 0.497. The zero-order valence-electron chi connectivity index (χ0n) is 14.2. The van der Waals surface area contributed by atoms with Gasteiger partial charge in [0.25, 0.3) is 5.91 Å². The van der Waals surface area contributed by atoms with Crippen LogP contribution in [-0.2, 0) is 9.59 Å². The first kappa shape index (κ1) is 17.7. The molecule has 2 aliphatic rings. The van der Waals surface area contributed by atoms with Crippen LogP contribution in [0.2, 0.25) is 0 Å². The smallest absolute Gasteiger partial charge is 0.259 e. The van der Waals surface area contributed by atoms with Gasteiger partial charge in [-0.15, -0.1) is 0 Å². The number of hydrogen-bond acceptors (Lipinski definition) is 4. The molecule has 1 aliphatic heterocycles. The maximum atomic E-state index is 13.0. The van der Waals surface area contributed by atoms with E-state index >= 15 is 0 Å². The molecule has 6 nitrogen and oxygen atoms in total. The number of nitrogens with one attached hydrogen (secondary N) is 1. The van der Waals surface area contributed by atoms with E-state index in [2.05, 4.69) is 4.90 Å². The van der Waals surface area contributed by atoms with Gasteiger partial charge < -0.3 is 9.80 Å². The molecule has 1 heterocycles. The van der Waals surface area contributed by atoms with Crippen molar-refractivity contribution in [1.29, 1.82) is 0 Å². The highest BCUT2D eigenvalue weighted by molar-refractivity contribution is 6.04. The standard InChI is InChI=1S/C18H24FN3O3/c19-14-4-6-15(7-5-14)21-10-12-22(13-11-21)17(24)18(16(23)20-25)8-2-1-3-9-18/h4-7,25H,1-3,8-13H2,(H,20,23). The van der Waals surface area contributed by atoms with Gasteiger partial charge in [0.05, 0.1) is 0 Å². The van der Waals surface area contributed by atoms with Crippen LogP contribution in [0.3, 0.4) is 0 Å². The first-order chi connectivity index (χ1) is 12.1. The predicted molar refractivity (Wildman–Crippen MR) is 90.6 cm³/mol. The molecule has 0 atom stereocenters. The second-order valence-electron chi connectivity index (χ2n) is 6.84. The van der Waals surface area contributed by atoms with Gasteiger partial charge in [0.1, 0.15) is 11.2 Å². The minimum absolute atomic E-state index is 0.183. The van der Waals surface area contributed by atoms with Crippen molar-refractivity contribution in [2.75, 3.05) is 31.1 Å². The lowest BCUT2D eigenvalue weighted by Gasteiger charge is -2.42. The minimum atomic E-state index is -1.13. The fourth-order valence-electron chi connectivity index (χ4n) is 3.92. The Labute approximate surface area is 146 Å². The number of nitrogens with zero attached hydrogens (tertiary/aromatic N) is 2. The Bertz CT molecular complexity index is 621. The molecule has 0 spiro atoms. The van der Waals surface area contributed by atoms with Gasteiger partial charge in [-0.1, -0.05) is 19.3 Å². The molecular weight excluding hydrogens is 325 g/mol. The number of piperazine rings is 1. The van der Waals surface area contributed by atoms with Crippen LogP contribution < -0.4 is 10.4 Å². The molecule has 0 radical (unpaired) electrons. The molecule has 25 heavy (non-hydrogen) atoms. The third-order valence-electron chi connectivity index (χ3n) is 5.41. The third-order valence-corrected chi connectivity index (χ3v) is 5.41. The lowest BCUT2D eigenvalue weighted by Crippen LogP contribution is -2.57. The molecular formula is C18H24FN3O3. The van der Waals surface area contributed by atoms with Crippen molar-refractivity contribution in [1.82, 2.24) is 10.4 Å². The Balaban J connectivity index is 1.67. The van der Waals surface area contributed by atoms with Gasteiger partial charge in [0, 0.05) is 31.9 Å². The first-order valence-electron chi connectivity index (χ1n) is 8.81. The summed E-state index contributed by atoms with van der Waals surface area (Å²) in [6.45, 7) is 2.29. The van der Waals surface area contributed by atoms with Gasteiger partial charge in [-0.05, 0) is 37.1 Å². The normalized spacial score (nSPS) is 20.2. The first-order valence-corrected chi connectivity index (χ1v) is 8.81. The lowest BCUT2D eigenvalue weighted by atomic mass is 9.72. The Morgan fingerprint density at radius 2 is 1.60 bits per heavy atom. The highest BCUT2D eigenvalue weighted by Gasteiger charge is 2.48. The van der Waals surface area contributed by atoms with Gasteiger partial charge in [-0.25, -0.2) is 9.87 Å². The number of benzene rings is 1. The minimum Gasteiger partial charge on any atom is -0.368 e. The van der Waals surface area contributed by atoms with Gasteiger partial charge >= 0.3 is 0 Å². The van der Waals surface area contributed by atoms with Crippen molar-refractivity contribution in [3.05, 3.63) is 30.1 Å². The molecule has 2 N–H and O–H groups in total. The Kier molecular flexibility index (Phi) is 5.22. The van der Waals surface area contributed by atoms with Crippen molar-refractivity contribution in [3.8, 4) is 0 Å². The summed E-state index contributed by atoms with van der Waals surface area (Å²) in [5.41, 5.74) is 1.49. The number of carbonyl (C=O) groups excluding carboxylic acids is 2. The summed E-state index contributed by atoms with van der Waals surface area (Å²) in [5.74, 6) is -1.04. The van der Waals surface area contributed by atoms with Crippen LogP contribution in [0, 0.1) is 11.2 Å². The fourth-order valence-corrected chi connectivity index (χ4v) is 3.92. The molecule has 0 aromatic heterocycles. The second kappa shape index (κ2) is 7.39. The predicted octanol–water partition coefficient (Wildman–Crippen LogP) is 1.93. The van der Waals surface area contributed by atoms with E-state index < -0.39 is 11.3 Å². The molecule has 0 unspecified atom stereocenters. The number of anilines is 1. The van der Waals surface area contributed by atoms with E-state index in [1.807, 2.05) is 0 Å². The van der Waals surface area contributed by atoms with E-state index in [9.17, 15) is 14.0 Å². The van der Waals surface area contributed by atoms with Crippen LogP contribution in [0.5, 0.6) is 0 Å². The van der Waals surface area contributed by atoms with Gasteiger partial charge in [0.15, 0.2) is 0 Å². The van der Waals surface area contributed by atoms with E-state index in [4.69, 9.17) is 5.21 Å². The van der Waals surface area contributed by atoms with Crippen molar-refractivity contribution < 1.29 is 19.2 Å². The number of hydrogen-bond donors (Lipinski definition) is 2. The summed E-state index contributed by atoms with van der Waals surface area (Å²) in [6.07, 6.45) is 3.60. The van der Waals surface area contributed by atoms with E-state index in [1.165, 1.54) is 12.1 Å². The second-order valence-corrected chi connectivity index (χ2v) is 6.84. The number of hydroxylamine groups is 1. The highest BCUT2D eigenvalue weighted by atomic mass is 19.1. The highest BCUT2D eigenvalue weighted by Crippen LogP contribution is 2.38. The van der Waals surface area contributed by atoms with E-state index in [0.717, 1.165) is 24.9 Å². The van der Waals surface area contributed by atoms with E-state index in [1.54, 1.807) is 22.5 Å². The fraction of sp³-hybridized carbons (Fsp3) is 0.556. The molecule has 2 fully saturated rings. The SMILES string of the molecule is O=C(NO)C1(C(=O)N2CCN(c3ccc(F)cc3)CC2)CCCCC1. The van der Waals surface area contributed by atoms with Crippen molar-refractivity contribution in [2.45, 2.75) is 32.1 Å². The monoisotopic (exact) mass is 349 g/mol. The van der Waals surface area contributed by atoms with E-state index in [-0.39, 0.29) is 11.7 Å². The van der Waals surface area contributed by atoms with Crippen LogP contribution in [0.1, 0.15) is 32.1 Å². The summed E-state index contributed by atoms with van der Waals surface area (Å²) in [7, 11) is 0. The van der Waals surface area contributed by atoms with Crippen molar-refractivity contribution in [2.24, 2.45) is 5.41 Å². The molecule has 136 valence electrons. The zero-order valence-corrected chi connectivity index (χ0v) is 14.2. The summed E-state index contributed by atoms with van der Waals surface area (Å²) in [5, 5.41) is 9.10. The van der Waals surface area contributed by atoms with Crippen molar-refractivity contribution in [3.63, 3.8) is 0 Å². The van der Waals surface area contributed by atoms with E-state index in [0.29, 0.717) is 39.0 Å². The summed E-state index contributed by atoms with van der Waals surface area (Å²) in [6, 6.07) is 6.31. The van der Waals surface area contributed by atoms with Gasteiger partial charge in [0.2, 0.25) is 5.91 Å². The molecule has 1 aromatic rings.